The van der Waals surface area contributed by atoms with Crippen LogP contribution in [0.4, 0.5) is 8.78 Å². The first-order valence-corrected chi connectivity index (χ1v) is 6.30. The first kappa shape index (κ1) is 12.0. The Hall–Kier alpha value is -0.480. The molecule has 4 heteroatoms. The van der Waals surface area contributed by atoms with E-state index in [2.05, 4.69) is 21.2 Å². The molecule has 1 aliphatic heterocycles. The third-order valence-electron chi connectivity index (χ3n) is 3.04. The van der Waals surface area contributed by atoms with Crippen molar-refractivity contribution in [3.05, 3.63) is 33.8 Å². The molecule has 16 heavy (non-hydrogen) atoms. The molecule has 1 aromatic carbocycles. The lowest BCUT2D eigenvalue weighted by Crippen LogP contribution is -2.28. The number of halogens is 3. The third kappa shape index (κ3) is 2.80. The average molecular weight is 290 g/mol. The zero-order valence-corrected chi connectivity index (χ0v) is 10.5. The molecule has 1 aliphatic rings. The topological polar surface area (TPSA) is 12.0 Å². The number of nitrogens with one attached hydrogen (secondary N) is 1. The van der Waals surface area contributed by atoms with Gasteiger partial charge in [0.05, 0.1) is 4.47 Å². The van der Waals surface area contributed by atoms with Gasteiger partial charge in [0.15, 0.2) is 0 Å². The maximum Gasteiger partial charge on any atom is 0.140 e. The minimum absolute atomic E-state index is 0.410. The zero-order chi connectivity index (χ0) is 11.5. The summed E-state index contributed by atoms with van der Waals surface area (Å²) in [5.41, 5.74) is 0.740. The number of benzene rings is 1. The molecule has 1 heterocycles. The van der Waals surface area contributed by atoms with E-state index in [0.717, 1.165) is 44.0 Å². The number of rotatable bonds is 2. The van der Waals surface area contributed by atoms with Gasteiger partial charge in [-0.15, -0.1) is 0 Å². The summed E-state index contributed by atoms with van der Waals surface area (Å²) in [6.45, 7) is 2.00. The predicted octanol–water partition coefficient (Wildman–Crippen LogP) is 3.27. The molecule has 0 unspecified atom stereocenters. The van der Waals surface area contributed by atoms with Crippen LogP contribution in [0.25, 0.3) is 0 Å². The molecular formula is C12H14BrF2N. The van der Waals surface area contributed by atoms with Crippen LogP contribution in [0.5, 0.6) is 0 Å². The smallest absolute Gasteiger partial charge is 0.140 e. The van der Waals surface area contributed by atoms with Crippen LogP contribution in [0, 0.1) is 17.6 Å². The summed E-state index contributed by atoms with van der Waals surface area (Å²) >= 11 is 3.18. The largest absolute Gasteiger partial charge is 0.317 e. The van der Waals surface area contributed by atoms with Crippen molar-refractivity contribution in [3.8, 4) is 0 Å². The van der Waals surface area contributed by atoms with Gasteiger partial charge in [-0.2, -0.15) is 0 Å². The van der Waals surface area contributed by atoms with Crippen molar-refractivity contribution in [3.63, 3.8) is 0 Å². The maximum absolute atomic E-state index is 13.3. The Morgan fingerprint density at radius 3 is 2.62 bits per heavy atom. The van der Waals surface area contributed by atoms with Crippen LogP contribution in [-0.4, -0.2) is 13.1 Å². The standard InChI is InChI=1S/C12H14BrF2N/c13-12-9(6-10(14)7-11(12)15)5-8-1-3-16-4-2-8/h6-8,16H,1-5H2. The Balaban J connectivity index is 2.13. The fourth-order valence-electron chi connectivity index (χ4n) is 2.15. The van der Waals surface area contributed by atoms with Gasteiger partial charge < -0.3 is 5.32 Å². The predicted molar refractivity (Wildman–Crippen MR) is 63.4 cm³/mol. The third-order valence-corrected chi connectivity index (χ3v) is 3.92. The second-order valence-electron chi connectivity index (χ2n) is 4.26. The summed E-state index contributed by atoms with van der Waals surface area (Å²) in [7, 11) is 0. The van der Waals surface area contributed by atoms with Crippen LogP contribution in [0.15, 0.2) is 16.6 Å². The molecule has 0 aromatic heterocycles. The van der Waals surface area contributed by atoms with E-state index in [1.54, 1.807) is 0 Å². The molecule has 0 atom stereocenters. The van der Waals surface area contributed by atoms with Gasteiger partial charge in [-0.1, -0.05) is 0 Å². The van der Waals surface area contributed by atoms with Crippen molar-refractivity contribution in [2.75, 3.05) is 13.1 Å². The van der Waals surface area contributed by atoms with E-state index in [4.69, 9.17) is 0 Å². The second-order valence-corrected chi connectivity index (χ2v) is 5.05. The van der Waals surface area contributed by atoms with Crippen LogP contribution in [-0.2, 0) is 6.42 Å². The summed E-state index contributed by atoms with van der Waals surface area (Å²) in [5, 5.41) is 3.28. The van der Waals surface area contributed by atoms with E-state index in [-0.39, 0.29) is 0 Å². The average Bonchev–Trinajstić information content (AvgIpc) is 2.27. The summed E-state index contributed by atoms with van der Waals surface area (Å²) in [5.74, 6) is -0.479. The van der Waals surface area contributed by atoms with Gasteiger partial charge in [-0.3, -0.25) is 0 Å². The molecule has 1 nitrogen and oxygen atoms in total. The van der Waals surface area contributed by atoms with Gasteiger partial charge >= 0.3 is 0 Å². The Morgan fingerprint density at radius 2 is 1.94 bits per heavy atom. The van der Waals surface area contributed by atoms with Gasteiger partial charge in [-0.25, -0.2) is 8.78 Å². The molecule has 0 saturated carbocycles. The fraction of sp³-hybridized carbons (Fsp3) is 0.500. The molecule has 0 spiro atoms. The first-order valence-electron chi connectivity index (χ1n) is 5.51. The highest BCUT2D eigenvalue weighted by atomic mass is 79.9. The minimum Gasteiger partial charge on any atom is -0.317 e. The molecule has 0 radical (unpaired) electrons. The van der Waals surface area contributed by atoms with Crippen molar-refractivity contribution in [1.29, 1.82) is 0 Å². The summed E-state index contributed by atoms with van der Waals surface area (Å²) < 4.78 is 26.8. The molecule has 0 bridgehead atoms. The highest BCUT2D eigenvalue weighted by Crippen LogP contribution is 2.27. The molecule has 0 amide bonds. The molecular weight excluding hydrogens is 276 g/mol. The lowest BCUT2D eigenvalue weighted by atomic mass is 9.91. The van der Waals surface area contributed by atoms with E-state index in [1.165, 1.54) is 6.07 Å². The maximum atomic E-state index is 13.3. The number of piperidine rings is 1. The highest BCUT2D eigenvalue weighted by Gasteiger charge is 2.17. The minimum atomic E-state index is -0.510. The van der Waals surface area contributed by atoms with Gasteiger partial charge in [-0.05, 0) is 65.8 Å². The van der Waals surface area contributed by atoms with Gasteiger partial charge in [0, 0.05) is 6.07 Å². The normalized spacial score (nSPS) is 17.7. The van der Waals surface area contributed by atoms with Crippen molar-refractivity contribution in [2.24, 2.45) is 5.92 Å². The van der Waals surface area contributed by atoms with E-state index < -0.39 is 11.6 Å². The van der Waals surface area contributed by atoms with E-state index in [9.17, 15) is 8.78 Å². The lowest BCUT2D eigenvalue weighted by molar-refractivity contribution is 0.371. The number of hydrogen-bond donors (Lipinski definition) is 1. The van der Waals surface area contributed by atoms with Crippen LogP contribution in [0.3, 0.4) is 0 Å². The Bertz CT molecular complexity index is 376. The van der Waals surface area contributed by atoms with Gasteiger partial charge in [0.2, 0.25) is 0 Å². The first-order chi connectivity index (χ1) is 7.66. The SMILES string of the molecule is Fc1cc(F)c(Br)c(CC2CCNCC2)c1. The van der Waals surface area contributed by atoms with Crippen molar-refractivity contribution >= 4 is 15.9 Å². The van der Waals surface area contributed by atoms with E-state index in [1.807, 2.05) is 0 Å². The van der Waals surface area contributed by atoms with Crippen molar-refractivity contribution in [2.45, 2.75) is 19.3 Å². The molecule has 1 N–H and O–H groups in total. The molecule has 88 valence electrons. The lowest BCUT2D eigenvalue weighted by Gasteiger charge is -2.23. The Labute approximate surface area is 102 Å². The van der Waals surface area contributed by atoms with Gasteiger partial charge in [0.1, 0.15) is 11.6 Å². The zero-order valence-electron chi connectivity index (χ0n) is 8.90. The van der Waals surface area contributed by atoms with E-state index in [0.29, 0.717) is 10.4 Å². The summed E-state index contributed by atoms with van der Waals surface area (Å²) in [4.78, 5) is 0. The Morgan fingerprint density at radius 1 is 1.25 bits per heavy atom. The Kier molecular flexibility index (Phi) is 3.92. The van der Waals surface area contributed by atoms with Gasteiger partial charge in [0.25, 0.3) is 0 Å². The van der Waals surface area contributed by atoms with Crippen molar-refractivity contribution in [1.82, 2.24) is 5.32 Å². The van der Waals surface area contributed by atoms with Crippen LogP contribution >= 0.6 is 15.9 Å². The highest BCUT2D eigenvalue weighted by molar-refractivity contribution is 9.10. The second kappa shape index (κ2) is 5.23. The fourth-order valence-corrected chi connectivity index (χ4v) is 2.55. The quantitative estimate of drug-likeness (QED) is 0.824. The summed E-state index contributed by atoms with van der Waals surface area (Å²) in [6.07, 6.45) is 2.89. The van der Waals surface area contributed by atoms with Crippen LogP contribution < -0.4 is 5.32 Å². The molecule has 0 aliphatic carbocycles. The van der Waals surface area contributed by atoms with Crippen LogP contribution in [0.2, 0.25) is 0 Å². The molecule has 1 saturated heterocycles. The molecule has 1 aromatic rings. The summed E-state index contributed by atoms with van der Waals surface area (Å²) in [6, 6.07) is 2.34. The molecule has 1 fully saturated rings. The van der Waals surface area contributed by atoms with E-state index >= 15 is 0 Å². The molecule has 2 rings (SSSR count). The van der Waals surface area contributed by atoms with Crippen LogP contribution in [0.1, 0.15) is 18.4 Å². The monoisotopic (exact) mass is 289 g/mol. The number of hydrogen-bond acceptors (Lipinski definition) is 1. The van der Waals surface area contributed by atoms with Crippen molar-refractivity contribution < 1.29 is 8.78 Å².